The van der Waals surface area contributed by atoms with E-state index in [1.54, 1.807) is 14.2 Å². The van der Waals surface area contributed by atoms with Crippen molar-refractivity contribution in [3.05, 3.63) is 36.4 Å². The first-order chi connectivity index (χ1) is 9.76. The molecule has 0 spiro atoms. The number of hydrogen-bond acceptors (Lipinski definition) is 3. The minimum atomic E-state index is 0.319. The smallest absolute Gasteiger partial charge is 0.127 e. The molecule has 0 saturated carbocycles. The highest BCUT2D eigenvalue weighted by molar-refractivity contribution is 5.42. The maximum atomic E-state index is 5.48. The second kappa shape index (κ2) is 9.43. The van der Waals surface area contributed by atoms with Crippen molar-refractivity contribution in [1.82, 2.24) is 5.32 Å². The first-order valence-corrected chi connectivity index (χ1v) is 7.26. The predicted molar refractivity (Wildman–Crippen MR) is 84.6 cm³/mol. The van der Waals surface area contributed by atoms with Gasteiger partial charge in [0.2, 0.25) is 0 Å². The predicted octanol–water partition coefficient (Wildman–Crippen LogP) is 4.10. The highest BCUT2D eigenvalue weighted by atomic mass is 16.5. The summed E-state index contributed by atoms with van der Waals surface area (Å²) in [6, 6.07) is 6.33. The molecule has 0 bridgehead atoms. The quantitative estimate of drug-likeness (QED) is 0.516. The molecule has 20 heavy (non-hydrogen) atoms. The Balaban J connectivity index is 2.66. The van der Waals surface area contributed by atoms with Crippen LogP contribution in [0.2, 0.25) is 0 Å². The van der Waals surface area contributed by atoms with Gasteiger partial charge in [-0.1, -0.05) is 25.0 Å². The van der Waals surface area contributed by atoms with Crippen LogP contribution in [-0.4, -0.2) is 21.3 Å². The highest BCUT2D eigenvalue weighted by Crippen LogP contribution is 2.31. The summed E-state index contributed by atoms with van der Waals surface area (Å²) in [5.74, 6) is 1.71. The van der Waals surface area contributed by atoms with E-state index in [4.69, 9.17) is 9.47 Å². The molecule has 0 aliphatic rings. The number of hydrogen-bond donors (Lipinski definition) is 1. The van der Waals surface area contributed by atoms with Crippen LogP contribution < -0.4 is 14.8 Å². The van der Waals surface area contributed by atoms with E-state index in [9.17, 15) is 0 Å². The van der Waals surface area contributed by atoms with E-state index in [1.165, 1.54) is 24.8 Å². The van der Waals surface area contributed by atoms with Crippen molar-refractivity contribution in [2.45, 2.75) is 38.1 Å². The van der Waals surface area contributed by atoms with Crippen molar-refractivity contribution in [3.63, 3.8) is 0 Å². The molecule has 1 unspecified atom stereocenters. The Hall–Kier alpha value is -1.48. The van der Waals surface area contributed by atoms with Gasteiger partial charge in [-0.25, -0.2) is 0 Å². The van der Waals surface area contributed by atoms with E-state index in [2.05, 4.69) is 18.0 Å². The molecule has 1 atom stereocenters. The number of benzene rings is 1. The summed E-state index contributed by atoms with van der Waals surface area (Å²) in [4.78, 5) is 0. The zero-order valence-corrected chi connectivity index (χ0v) is 12.9. The third-order valence-corrected chi connectivity index (χ3v) is 3.57. The molecule has 112 valence electrons. The van der Waals surface area contributed by atoms with E-state index < -0.39 is 0 Å². The Morgan fingerprint density at radius 3 is 2.60 bits per heavy atom. The third-order valence-electron chi connectivity index (χ3n) is 3.57. The summed E-state index contributed by atoms with van der Waals surface area (Å²) in [5.41, 5.74) is 1.19. The maximum absolute atomic E-state index is 5.48. The van der Waals surface area contributed by atoms with Crippen LogP contribution >= 0.6 is 0 Å². The number of unbranched alkanes of at least 4 members (excludes halogenated alkanes) is 3. The summed E-state index contributed by atoms with van der Waals surface area (Å²) in [7, 11) is 5.37. The van der Waals surface area contributed by atoms with Gasteiger partial charge < -0.3 is 14.8 Å². The minimum Gasteiger partial charge on any atom is -0.497 e. The topological polar surface area (TPSA) is 30.5 Å². The van der Waals surface area contributed by atoms with Gasteiger partial charge in [0, 0.05) is 17.7 Å². The van der Waals surface area contributed by atoms with Gasteiger partial charge in [-0.2, -0.15) is 0 Å². The molecule has 0 aliphatic heterocycles. The molecular weight excluding hydrogens is 250 g/mol. The molecule has 3 nitrogen and oxygen atoms in total. The van der Waals surface area contributed by atoms with Gasteiger partial charge in [-0.3, -0.25) is 0 Å². The lowest BCUT2D eigenvalue weighted by Gasteiger charge is -2.20. The minimum absolute atomic E-state index is 0.319. The number of nitrogens with one attached hydrogen (secondary N) is 1. The molecule has 0 saturated heterocycles. The molecule has 1 aromatic rings. The van der Waals surface area contributed by atoms with Crippen molar-refractivity contribution in [2.75, 3.05) is 21.3 Å². The normalized spacial score (nSPS) is 11.9. The Morgan fingerprint density at radius 2 is 2.00 bits per heavy atom. The van der Waals surface area contributed by atoms with E-state index >= 15 is 0 Å². The highest BCUT2D eigenvalue weighted by Gasteiger charge is 2.14. The zero-order valence-electron chi connectivity index (χ0n) is 12.9. The summed E-state index contributed by atoms with van der Waals surface area (Å²) in [5, 5.41) is 3.38. The standard InChI is InChI=1S/C17H27NO2/c1-5-6-7-8-9-10-16(18-2)15-12-11-14(19-3)13-17(15)20-4/h5,11-13,16,18H,1,6-10H2,2-4H3. The Kier molecular flexibility index (Phi) is 7.81. The van der Waals surface area contributed by atoms with Gasteiger partial charge in [0.1, 0.15) is 11.5 Å². The molecule has 0 heterocycles. The second-order valence-electron chi connectivity index (χ2n) is 4.88. The largest absolute Gasteiger partial charge is 0.497 e. The fourth-order valence-corrected chi connectivity index (χ4v) is 2.38. The molecule has 1 rings (SSSR count). The van der Waals surface area contributed by atoms with Gasteiger partial charge in [0.25, 0.3) is 0 Å². The lowest BCUT2D eigenvalue weighted by atomic mass is 9.99. The fraction of sp³-hybridized carbons (Fsp3) is 0.529. The van der Waals surface area contributed by atoms with Gasteiger partial charge >= 0.3 is 0 Å². The third kappa shape index (κ3) is 4.89. The van der Waals surface area contributed by atoms with Crippen LogP contribution in [0.25, 0.3) is 0 Å². The van der Waals surface area contributed by atoms with Crippen LogP contribution in [0, 0.1) is 0 Å². The number of allylic oxidation sites excluding steroid dienone is 1. The van der Waals surface area contributed by atoms with E-state index in [0.717, 1.165) is 24.3 Å². The average Bonchev–Trinajstić information content (AvgIpc) is 2.50. The maximum Gasteiger partial charge on any atom is 0.127 e. The molecule has 0 aromatic heterocycles. The van der Waals surface area contributed by atoms with Gasteiger partial charge in [0.15, 0.2) is 0 Å². The Labute approximate surface area is 123 Å². The van der Waals surface area contributed by atoms with Gasteiger partial charge in [0.05, 0.1) is 14.2 Å². The lowest BCUT2D eigenvalue weighted by molar-refractivity contribution is 0.382. The van der Waals surface area contributed by atoms with Crippen molar-refractivity contribution >= 4 is 0 Å². The van der Waals surface area contributed by atoms with E-state index in [0.29, 0.717) is 6.04 Å². The van der Waals surface area contributed by atoms with Crippen LogP contribution in [0.3, 0.4) is 0 Å². The molecule has 0 amide bonds. The van der Waals surface area contributed by atoms with Gasteiger partial charge in [-0.15, -0.1) is 6.58 Å². The molecule has 0 fully saturated rings. The SMILES string of the molecule is C=CCCCCCC(NC)c1ccc(OC)cc1OC. The summed E-state index contributed by atoms with van der Waals surface area (Å²) >= 11 is 0. The Morgan fingerprint density at radius 1 is 1.20 bits per heavy atom. The van der Waals surface area contributed by atoms with Crippen LogP contribution in [0.5, 0.6) is 11.5 Å². The van der Waals surface area contributed by atoms with Crippen molar-refractivity contribution in [1.29, 1.82) is 0 Å². The van der Waals surface area contributed by atoms with Crippen molar-refractivity contribution < 1.29 is 9.47 Å². The van der Waals surface area contributed by atoms with Crippen LogP contribution in [0.4, 0.5) is 0 Å². The molecule has 1 aromatic carbocycles. The number of rotatable bonds is 10. The van der Waals surface area contributed by atoms with Crippen LogP contribution in [0.15, 0.2) is 30.9 Å². The summed E-state index contributed by atoms with van der Waals surface area (Å²) in [6.07, 6.45) is 7.87. The monoisotopic (exact) mass is 277 g/mol. The average molecular weight is 277 g/mol. The van der Waals surface area contributed by atoms with Crippen LogP contribution in [0.1, 0.15) is 43.7 Å². The summed E-state index contributed by atoms with van der Waals surface area (Å²) < 4.78 is 10.7. The first kappa shape index (κ1) is 16.6. The lowest BCUT2D eigenvalue weighted by Crippen LogP contribution is -2.17. The van der Waals surface area contributed by atoms with E-state index in [-0.39, 0.29) is 0 Å². The molecular formula is C17H27NO2. The van der Waals surface area contributed by atoms with Crippen molar-refractivity contribution in [3.8, 4) is 11.5 Å². The molecule has 1 N–H and O–H groups in total. The fourth-order valence-electron chi connectivity index (χ4n) is 2.38. The first-order valence-electron chi connectivity index (χ1n) is 7.26. The number of methoxy groups -OCH3 is 2. The number of ether oxygens (including phenoxy) is 2. The van der Waals surface area contributed by atoms with Crippen molar-refractivity contribution in [2.24, 2.45) is 0 Å². The summed E-state index contributed by atoms with van der Waals surface area (Å²) in [6.45, 7) is 3.76. The molecule has 0 radical (unpaired) electrons. The molecule has 0 aliphatic carbocycles. The zero-order chi connectivity index (χ0) is 14.8. The molecule has 3 heteroatoms. The van der Waals surface area contributed by atoms with Gasteiger partial charge in [-0.05, 0) is 32.4 Å². The Bertz CT molecular complexity index is 404. The second-order valence-corrected chi connectivity index (χ2v) is 4.88. The van der Waals surface area contributed by atoms with E-state index in [1.807, 2.05) is 25.3 Å². The van der Waals surface area contributed by atoms with Crippen LogP contribution in [-0.2, 0) is 0 Å².